The summed E-state index contributed by atoms with van der Waals surface area (Å²) in [6.45, 7) is 1.88. The van der Waals surface area contributed by atoms with E-state index >= 15 is 0 Å². The first-order chi connectivity index (χ1) is 15.5. The van der Waals surface area contributed by atoms with Crippen molar-refractivity contribution in [2.24, 2.45) is 5.92 Å². The number of rotatable bonds is 5. The van der Waals surface area contributed by atoms with Crippen molar-refractivity contribution in [3.05, 3.63) is 69.8 Å². The Morgan fingerprint density at radius 1 is 1.06 bits per heavy atom. The molecule has 0 aliphatic carbocycles. The van der Waals surface area contributed by atoms with E-state index < -0.39 is 0 Å². The first-order valence-electron chi connectivity index (χ1n) is 10.1. The Morgan fingerprint density at radius 2 is 1.84 bits per heavy atom. The van der Waals surface area contributed by atoms with E-state index in [1.807, 2.05) is 54.8 Å². The first-order valence-corrected chi connectivity index (χ1v) is 11.0. The van der Waals surface area contributed by atoms with E-state index in [-0.39, 0.29) is 18.1 Å². The van der Waals surface area contributed by atoms with Crippen LogP contribution in [0.3, 0.4) is 0 Å². The summed E-state index contributed by atoms with van der Waals surface area (Å²) in [5, 5.41) is 12.1. The van der Waals surface area contributed by atoms with Crippen LogP contribution in [0.2, 0.25) is 0 Å². The lowest BCUT2D eigenvalue weighted by molar-refractivity contribution is 0.266. The fourth-order valence-corrected chi connectivity index (χ4v) is 4.36. The molecule has 4 rings (SSSR count). The van der Waals surface area contributed by atoms with Gasteiger partial charge in [0.05, 0.1) is 31.9 Å². The summed E-state index contributed by atoms with van der Waals surface area (Å²) in [6, 6.07) is 15.3. The highest BCUT2D eigenvalue weighted by Gasteiger charge is 2.19. The monoisotopic (exact) mass is 445 g/mol. The lowest BCUT2D eigenvalue weighted by Gasteiger charge is -2.15. The molecule has 2 N–H and O–H groups in total. The molecule has 1 unspecified atom stereocenters. The Hall–Kier alpha value is -3.53. The highest BCUT2D eigenvalue weighted by atomic mass is 32.1. The number of nitrogens with one attached hydrogen (secondary N) is 1. The number of aromatic nitrogens is 1. The summed E-state index contributed by atoms with van der Waals surface area (Å²) in [6.07, 6.45) is 0. The van der Waals surface area contributed by atoms with Crippen LogP contribution in [0.25, 0.3) is 32.5 Å². The number of aliphatic hydroxyl groups excluding tert-OH is 1. The molecule has 0 amide bonds. The fourth-order valence-electron chi connectivity index (χ4n) is 3.58. The van der Waals surface area contributed by atoms with Crippen molar-refractivity contribution < 1.29 is 14.6 Å². The molecule has 0 spiro atoms. The topological polar surface area (TPSA) is 71.6 Å². The third-order valence-electron chi connectivity index (χ3n) is 5.17. The standard InChI is InChI=1S/C26H23NO4S/c1-16(15-28)9-10-17-6-4-7-18(12-17)24-19-13-21(30-2)22(31-3)14-20(19)27-26(29)25(24)23-8-5-11-32-23/h4-8,11-14,16,28H,15H2,1-3H3,(H,27,29). The largest absolute Gasteiger partial charge is 0.493 e. The molecule has 162 valence electrons. The normalized spacial score (nSPS) is 11.6. The maximum Gasteiger partial charge on any atom is 0.257 e. The molecule has 2 aromatic carbocycles. The highest BCUT2D eigenvalue weighted by Crippen LogP contribution is 2.40. The number of aliphatic hydroxyl groups is 1. The van der Waals surface area contributed by atoms with Gasteiger partial charge in [0.2, 0.25) is 0 Å². The van der Waals surface area contributed by atoms with Gasteiger partial charge in [-0.05, 0) is 42.1 Å². The molecule has 5 nitrogen and oxygen atoms in total. The second-order valence-electron chi connectivity index (χ2n) is 7.37. The zero-order valence-electron chi connectivity index (χ0n) is 18.1. The van der Waals surface area contributed by atoms with Crippen LogP contribution in [-0.2, 0) is 0 Å². The zero-order chi connectivity index (χ0) is 22.7. The number of hydrogen-bond acceptors (Lipinski definition) is 5. The molecule has 1 atom stereocenters. The van der Waals surface area contributed by atoms with E-state index in [9.17, 15) is 9.90 Å². The van der Waals surface area contributed by atoms with Crippen molar-refractivity contribution in [3.63, 3.8) is 0 Å². The maximum atomic E-state index is 13.2. The van der Waals surface area contributed by atoms with E-state index in [1.54, 1.807) is 20.3 Å². The molecular formula is C26H23NO4S. The predicted octanol–water partition coefficient (Wildman–Crippen LogP) is 4.92. The van der Waals surface area contributed by atoms with Gasteiger partial charge in [0, 0.05) is 33.4 Å². The molecule has 0 bridgehead atoms. The Labute approximate surface area is 190 Å². The van der Waals surface area contributed by atoms with Crippen molar-refractivity contribution >= 4 is 22.2 Å². The molecule has 0 saturated heterocycles. The number of pyridine rings is 1. The van der Waals surface area contributed by atoms with E-state index in [0.717, 1.165) is 27.0 Å². The van der Waals surface area contributed by atoms with Crippen molar-refractivity contribution in [2.75, 3.05) is 20.8 Å². The number of ether oxygens (including phenoxy) is 2. The third-order valence-corrected chi connectivity index (χ3v) is 6.06. The van der Waals surface area contributed by atoms with E-state index in [2.05, 4.69) is 16.8 Å². The predicted molar refractivity (Wildman–Crippen MR) is 130 cm³/mol. The van der Waals surface area contributed by atoms with Gasteiger partial charge in [-0.1, -0.05) is 30.0 Å². The van der Waals surface area contributed by atoms with Gasteiger partial charge in [0.15, 0.2) is 11.5 Å². The quantitative estimate of drug-likeness (QED) is 0.428. The number of methoxy groups -OCH3 is 2. The molecule has 2 aromatic heterocycles. The van der Waals surface area contributed by atoms with Crippen molar-refractivity contribution in [3.8, 4) is 44.9 Å². The Kier molecular flexibility index (Phi) is 6.31. The van der Waals surface area contributed by atoms with Crippen LogP contribution in [0.15, 0.2) is 58.7 Å². The fraction of sp³-hybridized carbons (Fsp3) is 0.192. The maximum absolute atomic E-state index is 13.2. The Morgan fingerprint density at radius 3 is 2.53 bits per heavy atom. The molecular weight excluding hydrogens is 422 g/mol. The van der Waals surface area contributed by atoms with Crippen molar-refractivity contribution in [2.45, 2.75) is 6.92 Å². The van der Waals surface area contributed by atoms with Gasteiger partial charge in [-0.3, -0.25) is 4.79 Å². The minimum absolute atomic E-state index is 0.00947. The van der Waals surface area contributed by atoms with Crippen LogP contribution in [-0.4, -0.2) is 30.9 Å². The molecule has 0 aliphatic rings. The summed E-state index contributed by atoms with van der Waals surface area (Å²) in [5.74, 6) is 7.19. The van der Waals surface area contributed by atoms with Gasteiger partial charge in [0.25, 0.3) is 5.56 Å². The summed E-state index contributed by atoms with van der Waals surface area (Å²) in [5.41, 5.74) is 3.59. The molecule has 0 aliphatic heterocycles. The van der Waals surface area contributed by atoms with Crippen LogP contribution < -0.4 is 15.0 Å². The number of H-pyrrole nitrogens is 1. The van der Waals surface area contributed by atoms with E-state index in [0.29, 0.717) is 22.6 Å². The van der Waals surface area contributed by atoms with Crippen LogP contribution in [0.5, 0.6) is 11.5 Å². The SMILES string of the molecule is COc1cc2[nH]c(=O)c(-c3cccs3)c(-c3cccc(C#CC(C)CO)c3)c2cc1OC. The van der Waals surface area contributed by atoms with Crippen molar-refractivity contribution in [1.82, 2.24) is 4.98 Å². The van der Waals surface area contributed by atoms with Crippen LogP contribution in [0.1, 0.15) is 12.5 Å². The number of thiophene rings is 1. The van der Waals surface area contributed by atoms with Gasteiger partial charge in [-0.25, -0.2) is 0 Å². The van der Waals surface area contributed by atoms with Gasteiger partial charge in [0.1, 0.15) is 0 Å². The van der Waals surface area contributed by atoms with Crippen LogP contribution >= 0.6 is 11.3 Å². The molecule has 0 fully saturated rings. The van der Waals surface area contributed by atoms with Crippen LogP contribution in [0.4, 0.5) is 0 Å². The molecule has 0 saturated carbocycles. The molecule has 6 heteroatoms. The van der Waals surface area contributed by atoms with Crippen LogP contribution in [0, 0.1) is 17.8 Å². The van der Waals surface area contributed by atoms with Gasteiger partial charge in [-0.2, -0.15) is 0 Å². The summed E-state index contributed by atoms with van der Waals surface area (Å²) >= 11 is 1.51. The Balaban J connectivity index is 2.05. The minimum Gasteiger partial charge on any atom is -0.493 e. The minimum atomic E-state index is -0.174. The molecule has 32 heavy (non-hydrogen) atoms. The number of hydrogen-bond donors (Lipinski definition) is 2. The highest BCUT2D eigenvalue weighted by molar-refractivity contribution is 7.13. The molecule has 2 heterocycles. The molecule has 4 aromatic rings. The van der Waals surface area contributed by atoms with Gasteiger partial charge in [-0.15, -0.1) is 11.3 Å². The average Bonchev–Trinajstić information content (AvgIpc) is 3.35. The smallest absolute Gasteiger partial charge is 0.257 e. The zero-order valence-corrected chi connectivity index (χ0v) is 18.9. The number of fused-ring (bicyclic) bond motifs is 1. The first kappa shape index (κ1) is 21.7. The Bertz CT molecular complexity index is 1380. The summed E-state index contributed by atoms with van der Waals surface area (Å²) in [4.78, 5) is 17.1. The van der Waals surface area contributed by atoms with E-state index in [4.69, 9.17) is 9.47 Å². The lowest BCUT2D eigenvalue weighted by Crippen LogP contribution is -2.11. The average molecular weight is 446 g/mol. The molecule has 0 radical (unpaired) electrons. The van der Waals surface area contributed by atoms with Crippen molar-refractivity contribution in [1.29, 1.82) is 0 Å². The number of benzene rings is 2. The number of aromatic amines is 1. The van der Waals surface area contributed by atoms with Gasteiger partial charge < -0.3 is 19.6 Å². The summed E-state index contributed by atoms with van der Waals surface area (Å²) < 4.78 is 11.0. The van der Waals surface area contributed by atoms with E-state index in [1.165, 1.54) is 11.3 Å². The second kappa shape index (κ2) is 9.31. The van der Waals surface area contributed by atoms with Gasteiger partial charge >= 0.3 is 0 Å². The third kappa shape index (κ3) is 4.13. The lowest BCUT2D eigenvalue weighted by atomic mass is 9.94. The second-order valence-corrected chi connectivity index (χ2v) is 8.32. The summed E-state index contributed by atoms with van der Waals surface area (Å²) in [7, 11) is 3.16.